The number of hydrogen-bond donors (Lipinski definition) is 1. The normalized spacial score (nSPS) is 19.6. The summed E-state index contributed by atoms with van der Waals surface area (Å²) >= 11 is 1.36. The molecule has 0 bridgehead atoms. The molecule has 0 aliphatic carbocycles. The maximum absolute atomic E-state index is 12.3. The predicted molar refractivity (Wildman–Crippen MR) is 70.7 cm³/mol. The fourth-order valence-electron chi connectivity index (χ4n) is 2.15. The highest BCUT2D eigenvalue weighted by Crippen LogP contribution is 2.25. The summed E-state index contributed by atoms with van der Waals surface area (Å²) in [5.41, 5.74) is 0.687. The number of rotatable bonds is 3. The molecule has 2 rings (SSSR count). The lowest BCUT2D eigenvalue weighted by Crippen LogP contribution is -2.33. The third-order valence-electron chi connectivity index (χ3n) is 3.11. The lowest BCUT2D eigenvalue weighted by molar-refractivity contribution is -0.131. The standard InChI is InChI=1S/C13H15NO3S/c1-9-3-2-7-14(9)13(17)12-10(6-8-18-12)4-5-11(15)16/h4-6,8-9H,2-3,7H2,1H3,(H,15,16). The number of carboxylic acid groups (broad SMARTS) is 1. The highest BCUT2D eigenvalue weighted by molar-refractivity contribution is 7.12. The molecule has 0 saturated carbocycles. The van der Waals surface area contributed by atoms with E-state index in [4.69, 9.17) is 5.11 Å². The molecule has 1 aliphatic heterocycles. The second-order valence-corrected chi connectivity index (χ2v) is 5.28. The van der Waals surface area contributed by atoms with E-state index in [2.05, 4.69) is 0 Å². The van der Waals surface area contributed by atoms with Gasteiger partial charge in [0.05, 0.1) is 4.88 Å². The summed E-state index contributed by atoms with van der Waals surface area (Å²) in [5, 5.41) is 10.4. The van der Waals surface area contributed by atoms with E-state index in [9.17, 15) is 9.59 Å². The molecule has 1 aromatic heterocycles. The molecule has 5 heteroatoms. The van der Waals surface area contributed by atoms with E-state index < -0.39 is 5.97 Å². The summed E-state index contributed by atoms with van der Waals surface area (Å²) in [4.78, 5) is 25.3. The van der Waals surface area contributed by atoms with E-state index in [-0.39, 0.29) is 11.9 Å². The minimum Gasteiger partial charge on any atom is -0.478 e. The summed E-state index contributed by atoms with van der Waals surface area (Å²) in [7, 11) is 0. The van der Waals surface area contributed by atoms with Crippen molar-refractivity contribution < 1.29 is 14.7 Å². The van der Waals surface area contributed by atoms with Crippen LogP contribution >= 0.6 is 11.3 Å². The first-order chi connectivity index (χ1) is 8.59. The highest BCUT2D eigenvalue weighted by atomic mass is 32.1. The molecule has 0 aromatic carbocycles. The van der Waals surface area contributed by atoms with Crippen molar-refractivity contribution in [2.45, 2.75) is 25.8 Å². The van der Waals surface area contributed by atoms with E-state index in [0.717, 1.165) is 25.5 Å². The Morgan fingerprint density at radius 3 is 2.94 bits per heavy atom. The first-order valence-corrected chi connectivity index (χ1v) is 6.77. The Hall–Kier alpha value is -1.62. The molecular formula is C13H15NO3S. The minimum absolute atomic E-state index is 0.0139. The first kappa shape index (κ1) is 12.8. The van der Waals surface area contributed by atoms with Crippen molar-refractivity contribution in [1.82, 2.24) is 4.90 Å². The Bertz CT molecular complexity index is 492. The molecule has 1 atom stereocenters. The zero-order valence-corrected chi connectivity index (χ0v) is 10.9. The molecule has 0 radical (unpaired) electrons. The predicted octanol–water partition coefficient (Wildman–Crippen LogP) is 2.47. The van der Waals surface area contributed by atoms with Crippen LogP contribution < -0.4 is 0 Å². The monoisotopic (exact) mass is 265 g/mol. The molecule has 1 aliphatic rings. The van der Waals surface area contributed by atoms with Gasteiger partial charge in [-0.25, -0.2) is 4.79 Å². The summed E-state index contributed by atoms with van der Waals surface area (Å²) in [6.07, 6.45) is 4.62. The van der Waals surface area contributed by atoms with Crippen LogP contribution in [0.4, 0.5) is 0 Å². The SMILES string of the molecule is CC1CCCN1C(=O)c1sccc1C=CC(=O)O. The third kappa shape index (κ3) is 2.61. The van der Waals surface area contributed by atoms with Crippen LogP contribution in [0.25, 0.3) is 6.08 Å². The van der Waals surface area contributed by atoms with Gasteiger partial charge in [0.2, 0.25) is 0 Å². The molecule has 1 fully saturated rings. The lowest BCUT2D eigenvalue weighted by Gasteiger charge is -2.20. The molecule has 96 valence electrons. The minimum atomic E-state index is -1.01. The average Bonchev–Trinajstić information content (AvgIpc) is 2.93. The molecule has 1 aromatic rings. The van der Waals surface area contributed by atoms with E-state index in [0.29, 0.717) is 10.4 Å². The number of nitrogens with zero attached hydrogens (tertiary/aromatic N) is 1. The maximum Gasteiger partial charge on any atom is 0.328 e. The van der Waals surface area contributed by atoms with Crippen LogP contribution in [0.3, 0.4) is 0 Å². The molecule has 1 N–H and O–H groups in total. The van der Waals surface area contributed by atoms with Crippen LogP contribution in [-0.2, 0) is 4.79 Å². The molecule has 1 saturated heterocycles. The van der Waals surface area contributed by atoms with Gasteiger partial charge in [-0.2, -0.15) is 0 Å². The van der Waals surface area contributed by atoms with Crippen LogP contribution in [0.5, 0.6) is 0 Å². The van der Waals surface area contributed by atoms with Gasteiger partial charge in [0.1, 0.15) is 0 Å². The van der Waals surface area contributed by atoms with E-state index in [1.54, 1.807) is 6.07 Å². The third-order valence-corrected chi connectivity index (χ3v) is 4.03. The van der Waals surface area contributed by atoms with Crippen LogP contribution in [-0.4, -0.2) is 34.5 Å². The first-order valence-electron chi connectivity index (χ1n) is 5.89. The Kier molecular flexibility index (Phi) is 3.81. The summed E-state index contributed by atoms with van der Waals surface area (Å²) < 4.78 is 0. The number of hydrogen-bond acceptors (Lipinski definition) is 3. The van der Waals surface area contributed by atoms with E-state index in [1.807, 2.05) is 17.2 Å². The number of carboxylic acids is 1. The number of thiophene rings is 1. The van der Waals surface area contributed by atoms with Gasteiger partial charge < -0.3 is 10.0 Å². The summed E-state index contributed by atoms with van der Waals surface area (Å²) in [6, 6.07) is 2.05. The molecule has 0 spiro atoms. The van der Waals surface area contributed by atoms with Gasteiger partial charge in [0.25, 0.3) is 5.91 Å². The molecule has 2 heterocycles. The van der Waals surface area contributed by atoms with Gasteiger partial charge in [-0.05, 0) is 42.9 Å². The van der Waals surface area contributed by atoms with E-state index >= 15 is 0 Å². The Morgan fingerprint density at radius 1 is 1.56 bits per heavy atom. The number of aliphatic carboxylic acids is 1. The molecular weight excluding hydrogens is 250 g/mol. The summed E-state index contributed by atoms with van der Waals surface area (Å²) in [6.45, 7) is 2.84. The van der Waals surface area contributed by atoms with Gasteiger partial charge in [0, 0.05) is 18.7 Å². The Labute approximate surface area is 110 Å². The second kappa shape index (κ2) is 5.35. The van der Waals surface area contributed by atoms with Crippen molar-refractivity contribution in [3.63, 3.8) is 0 Å². The summed E-state index contributed by atoms with van der Waals surface area (Å²) in [5.74, 6) is -0.992. The van der Waals surface area contributed by atoms with Crippen LogP contribution in [0.2, 0.25) is 0 Å². The molecule has 1 unspecified atom stereocenters. The number of carbonyl (C=O) groups excluding carboxylic acids is 1. The van der Waals surface area contributed by atoms with Crippen LogP contribution in [0, 0.1) is 0 Å². The average molecular weight is 265 g/mol. The second-order valence-electron chi connectivity index (χ2n) is 4.37. The van der Waals surface area contributed by atoms with Gasteiger partial charge in [-0.3, -0.25) is 4.79 Å². The lowest BCUT2D eigenvalue weighted by atomic mass is 10.2. The van der Waals surface area contributed by atoms with Crippen molar-refractivity contribution in [2.75, 3.05) is 6.54 Å². The van der Waals surface area contributed by atoms with Crippen molar-refractivity contribution in [2.24, 2.45) is 0 Å². The molecule has 4 nitrogen and oxygen atoms in total. The number of carbonyl (C=O) groups is 2. The zero-order chi connectivity index (χ0) is 13.1. The smallest absolute Gasteiger partial charge is 0.328 e. The maximum atomic E-state index is 12.3. The van der Waals surface area contributed by atoms with Gasteiger partial charge >= 0.3 is 5.97 Å². The van der Waals surface area contributed by atoms with E-state index in [1.165, 1.54) is 17.4 Å². The Morgan fingerprint density at radius 2 is 2.33 bits per heavy atom. The van der Waals surface area contributed by atoms with Gasteiger partial charge in [0.15, 0.2) is 0 Å². The Balaban J connectivity index is 2.20. The fraction of sp³-hybridized carbons (Fsp3) is 0.385. The van der Waals surface area contributed by atoms with Gasteiger partial charge in [-0.1, -0.05) is 0 Å². The van der Waals surface area contributed by atoms with Crippen molar-refractivity contribution in [3.8, 4) is 0 Å². The van der Waals surface area contributed by atoms with Crippen molar-refractivity contribution >= 4 is 29.3 Å². The van der Waals surface area contributed by atoms with Crippen molar-refractivity contribution in [3.05, 3.63) is 28.0 Å². The highest BCUT2D eigenvalue weighted by Gasteiger charge is 2.27. The molecule has 18 heavy (non-hydrogen) atoms. The zero-order valence-electron chi connectivity index (χ0n) is 10.1. The quantitative estimate of drug-likeness (QED) is 0.854. The van der Waals surface area contributed by atoms with Crippen LogP contribution in [0.15, 0.2) is 17.5 Å². The van der Waals surface area contributed by atoms with Crippen LogP contribution in [0.1, 0.15) is 35.0 Å². The largest absolute Gasteiger partial charge is 0.478 e. The van der Waals surface area contributed by atoms with Crippen molar-refractivity contribution in [1.29, 1.82) is 0 Å². The molecule has 1 amide bonds. The number of likely N-dealkylation sites (tertiary alicyclic amines) is 1. The fourth-order valence-corrected chi connectivity index (χ4v) is 2.99. The topological polar surface area (TPSA) is 57.6 Å². The van der Waals surface area contributed by atoms with Gasteiger partial charge in [-0.15, -0.1) is 11.3 Å². The number of amides is 1.